The molecular formula is C18H25FN2O3. The Balaban J connectivity index is 2.06. The highest BCUT2D eigenvalue weighted by Crippen LogP contribution is 2.22. The highest BCUT2D eigenvalue weighted by Gasteiger charge is 2.33. The van der Waals surface area contributed by atoms with Crippen molar-refractivity contribution in [2.45, 2.75) is 26.3 Å². The summed E-state index contributed by atoms with van der Waals surface area (Å²) in [5, 5.41) is 2.66. The molecule has 0 radical (unpaired) electrons. The Morgan fingerprint density at radius 2 is 2.08 bits per heavy atom. The number of carbonyl (C=O) groups is 2. The van der Waals surface area contributed by atoms with E-state index in [9.17, 15) is 14.0 Å². The monoisotopic (exact) mass is 336 g/mol. The Morgan fingerprint density at radius 3 is 2.71 bits per heavy atom. The minimum absolute atomic E-state index is 0.120. The number of likely N-dealkylation sites (tertiary alicyclic amines) is 1. The average molecular weight is 336 g/mol. The lowest BCUT2D eigenvalue weighted by Gasteiger charge is -2.21. The molecule has 1 aliphatic rings. The first-order chi connectivity index (χ1) is 11.4. The van der Waals surface area contributed by atoms with Gasteiger partial charge in [-0.2, -0.15) is 0 Å². The zero-order valence-electron chi connectivity index (χ0n) is 14.4. The van der Waals surface area contributed by atoms with E-state index in [0.29, 0.717) is 12.5 Å². The molecule has 132 valence electrons. The van der Waals surface area contributed by atoms with Gasteiger partial charge in [0.15, 0.2) is 6.04 Å². The first kappa shape index (κ1) is 18.4. The van der Waals surface area contributed by atoms with Crippen molar-refractivity contribution in [3.63, 3.8) is 0 Å². The van der Waals surface area contributed by atoms with Gasteiger partial charge in [0.2, 0.25) is 5.91 Å². The molecule has 1 fully saturated rings. The van der Waals surface area contributed by atoms with Crippen molar-refractivity contribution in [1.82, 2.24) is 10.2 Å². The Bertz CT molecular complexity index is 591. The Kier molecular flexibility index (Phi) is 6.31. The average Bonchev–Trinajstić information content (AvgIpc) is 3.00. The summed E-state index contributed by atoms with van der Waals surface area (Å²) in [7, 11) is 1.22. The van der Waals surface area contributed by atoms with E-state index >= 15 is 0 Å². The maximum absolute atomic E-state index is 14.0. The maximum atomic E-state index is 14.0. The molecule has 5 nitrogen and oxygen atoms in total. The van der Waals surface area contributed by atoms with Crippen molar-refractivity contribution in [2.75, 3.05) is 26.7 Å². The molecule has 1 aliphatic heterocycles. The van der Waals surface area contributed by atoms with Gasteiger partial charge in [-0.3, -0.25) is 4.79 Å². The molecule has 0 aliphatic carbocycles. The molecule has 1 aromatic rings. The number of ether oxygens (including phenoxy) is 1. The molecule has 2 atom stereocenters. The van der Waals surface area contributed by atoms with Crippen LogP contribution < -0.4 is 5.32 Å². The zero-order chi connectivity index (χ0) is 17.7. The van der Waals surface area contributed by atoms with E-state index in [4.69, 9.17) is 4.74 Å². The van der Waals surface area contributed by atoms with Crippen LogP contribution in [0.25, 0.3) is 0 Å². The van der Waals surface area contributed by atoms with Crippen LogP contribution in [0.5, 0.6) is 0 Å². The predicted octanol–water partition coefficient (Wildman–Crippen LogP) is 2.13. The number of hydrogen-bond donors (Lipinski definition) is 1. The second-order valence-electron chi connectivity index (χ2n) is 6.63. The predicted molar refractivity (Wildman–Crippen MR) is 88.7 cm³/mol. The lowest BCUT2D eigenvalue weighted by Crippen LogP contribution is -2.39. The number of benzene rings is 1. The van der Waals surface area contributed by atoms with Crippen molar-refractivity contribution in [3.8, 4) is 0 Å². The van der Waals surface area contributed by atoms with E-state index in [1.807, 2.05) is 0 Å². The van der Waals surface area contributed by atoms with Gasteiger partial charge in [-0.1, -0.05) is 32.0 Å². The summed E-state index contributed by atoms with van der Waals surface area (Å²) in [6.07, 6.45) is 0.740. The van der Waals surface area contributed by atoms with E-state index in [1.54, 1.807) is 6.07 Å². The van der Waals surface area contributed by atoms with Crippen molar-refractivity contribution >= 4 is 11.9 Å². The third kappa shape index (κ3) is 4.54. The molecule has 1 saturated heterocycles. The number of esters is 1. The molecule has 0 spiro atoms. The number of amides is 1. The van der Waals surface area contributed by atoms with Crippen molar-refractivity contribution in [2.24, 2.45) is 11.8 Å². The summed E-state index contributed by atoms with van der Waals surface area (Å²) in [4.78, 5) is 26.8. The molecule has 1 amide bonds. The van der Waals surface area contributed by atoms with E-state index in [1.165, 1.54) is 25.3 Å². The van der Waals surface area contributed by atoms with Gasteiger partial charge in [0.25, 0.3) is 0 Å². The molecule has 1 N–H and O–H groups in total. The van der Waals surface area contributed by atoms with Crippen molar-refractivity contribution in [1.29, 1.82) is 0 Å². The van der Waals surface area contributed by atoms with Crippen molar-refractivity contribution < 1.29 is 18.7 Å². The van der Waals surface area contributed by atoms with Gasteiger partial charge in [0.1, 0.15) is 5.82 Å². The molecule has 0 bridgehead atoms. The Morgan fingerprint density at radius 1 is 1.38 bits per heavy atom. The standard InChI is InChI=1S/C18H25FN2O3/c1-12(2)10-21-9-8-13(11-21)17(22)20-16(18(23)24-3)14-6-4-5-7-15(14)19/h4-7,12-13,16H,8-11H2,1-3H3,(H,20,22). The maximum Gasteiger partial charge on any atom is 0.333 e. The highest BCUT2D eigenvalue weighted by atomic mass is 19.1. The molecule has 1 aromatic carbocycles. The second-order valence-corrected chi connectivity index (χ2v) is 6.63. The first-order valence-electron chi connectivity index (χ1n) is 8.27. The van der Waals surface area contributed by atoms with Crippen LogP contribution in [-0.4, -0.2) is 43.5 Å². The van der Waals surface area contributed by atoms with Crippen LogP contribution in [0.15, 0.2) is 24.3 Å². The third-order valence-corrected chi connectivity index (χ3v) is 4.21. The van der Waals surface area contributed by atoms with E-state index in [2.05, 4.69) is 24.1 Å². The summed E-state index contributed by atoms with van der Waals surface area (Å²) >= 11 is 0. The third-order valence-electron chi connectivity index (χ3n) is 4.21. The van der Waals surface area contributed by atoms with Gasteiger partial charge >= 0.3 is 5.97 Å². The minimum Gasteiger partial charge on any atom is -0.467 e. The van der Waals surface area contributed by atoms with Crippen LogP contribution in [-0.2, 0) is 14.3 Å². The largest absolute Gasteiger partial charge is 0.467 e. The van der Waals surface area contributed by atoms with Crippen molar-refractivity contribution in [3.05, 3.63) is 35.6 Å². The van der Waals surface area contributed by atoms with Crippen LogP contribution in [0.4, 0.5) is 4.39 Å². The lowest BCUT2D eigenvalue weighted by molar-refractivity contribution is -0.145. The molecule has 1 heterocycles. The molecule has 0 aromatic heterocycles. The Hall–Kier alpha value is -1.95. The molecule has 6 heteroatoms. The van der Waals surface area contributed by atoms with Crippen LogP contribution >= 0.6 is 0 Å². The number of rotatable bonds is 6. The first-order valence-corrected chi connectivity index (χ1v) is 8.27. The van der Waals surface area contributed by atoms with Crippen LogP contribution in [0.1, 0.15) is 31.9 Å². The number of nitrogens with one attached hydrogen (secondary N) is 1. The SMILES string of the molecule is COC(=O)C(NC(=O)C1CCN(CC(C)C)C1)c1ccccc1F. The Labute approximate surface area is 142 Å². The second kappa shape index (κ2) is 8.24. The number of methoxy groups -OCH3 is 1. The number of hydrogen-bond acceptors (Lipinski definition) is 4. The van der Waals surface area contributed by atoms with Crippen LogP contribution in [0, 0.1) is 17.7 Å². The van der Waals surface area contributed by atoms with Gasteiger partial charge in [0, 0.05) is 18.7 Å². The van der Waals surface area contributed by atoms with Gasteiger partial charge < -0.3 is 15.0 Å². The van der Waals surface area contributed by atoms with Gasteiger partial charge in [0.05, 0.1) is 13.0 Å². The fourth-order valence-corrected chi connectivity index (χ4v) is 3.08. The smallest absolute Gasteiger partial charge is 0.333 e. The molecular weight excluding hydrogens is 311 g/mol. The molecule has 0 saturated carbocycles. The van der Waals surface area contributed by atoms with Crippen LogP contribution in [0.2, 0.25) is 0 Å². The molecule has 2 unspecified atom stereocenters. The summed E-state index contributed by atoms with van der Waals surface area (Å²) < 4.78 is 18.7. The highest BCUT2D eigenvalue weighted by molar-refractivity contribution is 5.87. The normalized spacial score (nSPS) is 19.3. The van der Waals surface area contributed by atoms with Gasteiger partial charge in [-0.15, -0.1) is 0 Å². The summed E-state index contributed by atoms with van der Waals surface area (Å²) in [6.45, 7) is 6.74. The van der Waals surface area contributed by atoms with E-state index in [0.717, 1.165) is 19.5 Å². The number of halogens is 1. The molecule has 24 heavy (non-hydrogen) atoms. The molecule has 2 rings (SSSR count). The van der Waals surface area contributed by atoms with Gasteiger partial charge in [-0.25, -0.2) is 9.18 Å². The van der Waals surface area contributed by atoms with Gasteiger partial charge in [-0.05, 0) is 24.9 Å². The lowest BCUT2D eigenvalue weighted by atomic mass is 10.0. The number of carbonyl (C=O) groups excluding carboxylic acids is 2. The zero-order valence-corrected chi connectivity index (χ0v) is 14.4. The fraction of sp³-hybridized carbons (Fsp3) is 0.556. The summed E-state index contributed by atoms with van der Waals surface area (Å²) in [5.41, 5.74) is 0.120. The topological polar surface area (TPSA) is 58.6 Å². The fourth-order valence-electron chi connectivity index (χ4n) is 3.08. The van der Waals surface area contributed by atoms with E-state index < -0.39 is 17.8 Å². The summed E-state index contributed by atoms with van der Waals surface area (Å²) in [5.74, 6) is -1.11. The minimum atomic E-state index is -1.12. The van der Waals surface area contributed by atoms with Crippen LogP contribution in [0.3, 0.4) is 0 Å². The van der Waals surface area contributed by atoms with E-state index in [-0.39, 0.29) is 17.4 Å². The quantitative estimate of drug-likeness (QED) is 0.809. The number of nitrogens with zero attached hydrogens (tertiary/aromatic N) is 1. The summed E-state index contributed by atoms with van der Waals surface area (Å²) in [6, 6.07) is 4.78.